The normalized spacial score (nSPS) is 14.8. The Morgan fingerprint density at radius 2 is 2.33 bits per heavy atom. The molecule has 0 saturated heterocycles. The first-order valence-corrected chi connectivity index (χ1v) is 6.61. The largest absolute Gasteiger partial charge is 0.496 e. The summed E-state index contributed by atoms with van der Waals surface area (Å²) in [5.41, 5.74) is 4.71. The van der Waals surface area contributed by atoms with Crippen LogP contribution in [0.5, 0.6) is 5.75 Å². The molecule has 18 heavy (non-hydrogen) atoms. The SMILES string of the molecule is CCCc1cc(OC)c2c3c([nH]c2n1)CCNC3. The summed E-state index contributed by atoms with van der Waals surface area (Å²) in [5.74, 6) is 0.949. The second-order valence-electron chi connectivity index (χ2n) is 4.80. The molecule has 1 aliphatic rings. The summed E-state index contributed by atoms with van der Waals surface area (Å²) in [7, 11) is 1.74. The Balaban J connectivity index is 2.21. The van der Waals surface area contributed by atoms with E-state index >= 15 is 0 Å². The predicted octanol–water partition coefficient (Wildman–Crippen LogP) is 2.17. The Morgan fingerprint density at radius 3 is 3.11 bits per heavy atom. The van der Waals surface area contributed by atoms with Gasteiger partial charge in [0.25, 0.3) is 0 Å². The number of aryl methyl sites for hydroxylation is 1. The maximum atomic E-state index is 5.55. The molecule has 0 bridgehead atoms. The monoisotopic (exact) mass is 245 g/mol. The van der Waals surface area contributed by atoms with Crippen LogP contribution in [0.3, 0.4) is 0 Å². The van der Waals surface area contributed by atoms with Crippen LogP contribution in [0.25, 0.3) is 11.0 Å². The highest BCUT2D eigenvalue weighted by molar-refractivity contribution is 5.88. The zero-order valence-corrected chi connectivity index (χ0v) is 11.0. The zero-order valence-electron chi connectivity index (χ0n) is 11.0. The molecule has 0 spiro atoms. The lowest BCUT2D eigenvalue weighted by molar-refractivity contribution is 0.418. The van der Waals surface area contributed by atoms with Crippen LogP contribution in [-0.2, 0) is 19.4 Å². The van der Waals surface area contributed by atoms with Gasteiger partial charge in [-0.25, -0.2) is 4.98 Å². The van der Waals surface area contributed by atoms with Crippen molar-refractivity contribution >= 4 is 11.0 Å². The first kappa shape index (κ1) is 11.5. The maximum absolute atomic E-state index is 5.55. The fourth-order valence-corrected chi connectivity index (χ4v) is 2.70. The van der Waals surface area contributed by atoms with E-state index in [1.807, 2.05) is 0 Å². The van der Waals surface area contributed by atoms with Gasteiger partial charge in [-0.1, -0.05) is 13.3 Å². The summed E-state index contributed by atoms with van der Waals surface area (Å²) in [6.45, 7) is 4.10. The Morgan fingerprint density at radius 1 is 1.44 bits per heavy atom. The lowest BCUT2D eigenvalue weighted by Gasteiger charge is -2.13. The molecular weight excluding hydrogens is 226 g/mol. The quantitative estimate of drug-likeness (QED) is 0.871. The number of rotatable bonds is 3. The summed E-state index contributed by atoms with van der Waals surface area (Å²) < 4.78 is 5.55. The van der Waals surface area contributed by atoms with Gasteiger partial charge in [-0.3, -0.25) is 0 Å². The number of pyridine rings is 1. The molecule has 2 aromatic rings. The smallest absolute Gasteiger partial charge is 0.141 e. The molecule has 2 aromatic heterocycles. The van der Waals surface area contributed by atoms with E-state index in [-0.39, 0.29) is 0 Å². The lowest BCUT2D eigenvalue weighted by Crippen LogP contribution is -2.22. The van der Waals surface area contributed by atoms with Gasteiger partial charge in [-0.05, 0) is 12.0 Å². The molecule has 96 valence electrons. The predicted molar refractivity (Wildman–Crippen MR) is 72.1 cm³/mol. The van der Waals surface area contributed by atoms with E-state index in [0.29, 0.717) is 0 Å². The molecule has 4 nitrogen and oxygen atoms in total. The first-order chi connectivity index (χ1) is 8.83. The van der Waals surface area contributed by atoms with E-state index in [1.165, 1.54) is 11.3 Å². The number of hydrogen-bond acceptors (Lipinski definition) is 3. The molecule has 2 N–H and O–H groups in total. The highest BCUT2D eigenvalue weighted by Crippen LogP contribution is 2.32. The van der Waals surface area contributed by atoms with Crippen LogP contribution in [-0.4, -0.2) is 23.6 Å². The summed E-state index contributed by atoms with van der Waals surface area (Å²) in [5, 5.41) is 4.56. The van der Waals surface area contributed by atoms with Crippen molar-refractivity contribution in [2.45, 2.75) is 32.7 Å². The molecule has 0 saturated carbocycles. The Bertz CT molecular complexity index is 574. The highest BCUT2D eigenvalue weighted by atomic mass is 16.5. The van der Waals surface area contributed by atoms with Crippen LogP contribution in [0.2, 0.25) is 0 Å². The molecule has 0 atom stereocenters. The Kier molecular flexibility index (Phi) is 2.96. The second-order valence-corrected chi connectivity index (χ2v) is 4.80. The molecule has 0 unspecified atom stereocenters. The van der Waals surface area contributed by atoms with Crippen molar-refractivity contribution < 1.29 is 4.74 Å². The van der Waals surface area contributed by atoms with Crippen molar-refractivity contribution in [2.75, 3.05) is 13.7 Å². The number of aromatic nitrogens is 2. The Hall–Kier alpha value is -1.55. The van der Waals surface area contributed by atoms with E-state index in [1.54, 1.807) is 7.11 Å². The third-order valence-corrected chi connectivity index (χ3v) is 3.55. The maximum Gasteiger partial charge on any atom is 0.141 e. The van der Waals surface area contributed by atoms with E-state index in [2.05, 4.69) is 23.3 Å². The van der Waals surface area contributed by atoms with Crippen LogP contribution in [0, 0.1) is 0 Å². The van der Waals surface area contributed by atoms with Crippen molar-refractivity contribution in [1.82, 2.24) is 15.3 Å². The fourth-order valence-electron chi connectivity index (χ4n) is 2.70. The molecule has 4 heteroatoms. The van der Waals surface area contributed by atoms with Crippen molar-refractivity contribution in [3.05, 3.63) is 23.0 Å². The number of H-pyrrole nitrogens is 1. The number of fused-ring (bicyclic) bond motifs is 3. The molecule has 0 amide bonds. The minimum Gasteiger partial charge on any atom is -0.496 e. The van der Waals surface area contributed by atoms with Gasteiger partial charge in [0.2, 0.25) is 0 Å². The summed E-state index contributed by atoms with van der Waals surface area (Å²) in [4.78, 5) is 8.17. The molecule has 3 rings (SSSR count). The van der Waals surface area contributed by atoms with Crippen molar-refractivity contribution in [3.8, 4) is 5.75 Å². The highest BCUT2D eigenvalue weighted by Gasteiger charge is 2.19. The van der Waals surface area contributed by atoms with E-state index in [4.69, 9.17) is 9.72 Å². The molecule has 3 heterocycles. The number of methoxy groups -OCH3 is 1. The van der Waals surface area contributed by atoms with Gasteiger partial charge in [-0.15, -0.1) is 0 Å². The van der Waals surface area contributed by atoms with Gasteiger partial charge >= 0.3 is 0 Å². The molecule has 0 aliphatic carbocycles. The molecular formula is C14H19N3O. The van der Waals surface area contributed by atoms with Gasteiger partial charge in [0.15, 0.2) is 0 Å². The minimum atomic E-state index is 0.903. The molecule has 1 aliphatic heterocycles. The number of ether oxygens (including phenoxy) is 1. The number of nitrogens with one attached hydrogen (secondary N) is 2. The average molecular weight is 245 g/mol. The molecule has 0 radical (unpaired) electrons. The number of aromatic amines is 1. The standard InChI is InChI=1S/C14H19N3O/c1-3-4-9-7-12(18-2)13-10-8-15-6-5-11(10)17-14(13)16-9/h7,15H,3-6,8H2,1-2H3,(H,16,17). The van der Waals surface area contributed by atoms with Gasteiger partial charge in [-0.2, -0.15) is 0 Å². The number of hydrogen-bond donors (Lipinski definition) is 2. The second kappa shape index (κ2) is 4.61. The number of nitrogens with zero attached hydrogens (tertiary/aromatic N) is 1. The van der Waals surface area contributed by atoms with Crippen LogP contribution in [0.1, 0.15) is 30.3 Å². The zero-order chi connectivity index (χ0) is 12.5. The van der Waals surface area contributed by atoms with Crippen LogP contribution in [0.15, 0.2) is 6.07 Å². The Labute approximate surface area is 107 Å². The van der Waals surface area contributed by atoms with Gasteiger partial charge in [0, 0.05) is 37.0 Å². The molecule has 0 aromatic carbocycles. The van der Waals surface area contributed by atoms with Crippen molar-refractivity contribution in [1.29, 1.82) is 0 Å². The van der Waals surface area contributed by atoms with Gasteiger partial charge in [0.1, 0.15) is 11.4 Å². The van der Waals surface area contributed by atoms with E-state index < -0.39 is 0 Å². The minimum absolute atomic E-state index is 0.903. The van der Waals surface area contributed by atoms with Gasteiger partial charge < -0.3 is 15.0 Å². The third kappa shape index (κ3) is 1.77. The van der Waals surface area contributed by atoms with E-state index in [0.717, 1.165) is 54.8 Å². The third-order valence-electron chi connectivity index (χ3n) is 3.55. The molecule has 0 fully saturated rings. The van der Waals surface area contributed by atoms with Crippen LogP contribution < -0.4 is 10.1 Å². The summed E-state index contributed by atoms with van der Waals surface area (Å²) in [6, 6.07) is 2.08. The van der Waals surface area contributed by atoms with E-state index in [9.17, 15) is 0 Å². The lowest BCUT2D eigenvalue weighted by atomic mass is 10.1. The summed E-state index contributed by atoms with van der Waals surface area (Å²) in [6.07, 6.45) is 3.13. The van der Waals surface area contributed by atoms with Crippen LogP contribution in [0.4, 0.5) is 0 Å². The van der Waals surface area contributed by atoms with Crippen molar-refractivity contribution in [2.24, 2.45) is 0 Å². The summed E-state index contributed by atoms with van der Waals surface area (Å²) >= 11 is 0. The van der Waals surface area contributed by atoms with Crippen molar-refractivity contribution in [3.63, 3.8) is 0 Å². The fraction of sp³-hybridized carbons (Fsp3) is 0.500. The first-order valence-electron chi connectivity index (χ1n) is 6.61. The average Bonchev–Trinajstić information content (AvgIpc) is 2.76. The van der Waals surface area contributed by atoms with Crippen LogP contribution >= 0.6 is 0 Å². The topological polar surface area (TPSA) is 49.9 Å². The van der Waals surface area contributed by atoms with Gasteiger partial charge in [0.05, 0.1) is 12.5 Å².